The van der Waals surface area contributed by atoms with Crippen LogP contribution in [0, 0.1) is 0 Å². The third-order valence-electron chi connectivity index (χ3n) is 5.40. The lowest BCUT2D eigenvalue weighted by Crippen LogP contribution is -2.26. The molecular weight excluding hydrogens is 526 g/mol. The highest BCUT2D eigenvalue weighted by Crippen LogP contribution is 2.31. The van der Waals surface area contributed by atoms with Crippen LogP contribution in [0.25, 0.3) is 0 Å². The van der Waals surface area contributed by atoms with Crippen molar-refractivity contribution in [2.75, 3.05) is 27.9 Å². The van der Waals surface area contributed by atoms with Crippen LogP contribution in [0.5, 0.6) is 23.0 Å². The summed E-state index contributed by atoms with van der Waals surface area (Å²) in [4.78, 5) is 36.8. The molecule has 0 heterocycles. The van der Waals surface area contributed by atoms with Crippen LogP contribution in [-0.2, 0) is 4.79 Å². The van der Waals surface area contributed by atoms with Crippen molar-refractivity contribution in [2.45, 2.75) is 12.8 Å². The van der Waals surface area contributed by atoms with E-state index in [0.29, 0.717) is 46.4 Å². The topological polar surface area (TPSA) is 125 Å². The van der Waals surface area contributed by atoms with Crippen LogP contribution < -0.4 is 29.7 Å². The molecule has 0 spiro atoms. The zero-order chi connectivity index (χ0) is 28.2. The van der Waals surface area contributed by atoms with Gasteiger partial charge in [-0.2, -0.15) is 5.10 Å². The standard InChI is InChI=1S/C28H28ClN3O7/c1-36-22-13-11-19(16-25(22)38-3)28(35)39-23-12-10-18(15-24(23)37-2)17-31-32-26(33)9-6-14-30-27(34)20-7-4-5-8-21(20)29/h4-5,7-8,10-13,15-17H,6,9,14H2,1-3H3,(H,30,34)(H,32,33)/b31-17+. The summed E-state index contributed by atoms with van der Waals surface area (Å²) in [7, 11) is 4.42. The zero-order valence-corrected chi connectivity index (χ0v) is 22.4. The van der Waals surface area contributed by atoms with Crippen molar-refractivity contribution < 1.29 is 33.3 Å². The maximum absolute atomic E-state index is 12.6. The molecule has 204 valence electrons. The second kappa shape index (κ2) is 14.4. The molecule has 0 fully saturated rings. The molecule has 3 aromatic rings. The minimum atomic E-state index is -0.606. The molecule has 0 aliphatic heterocycles. The maximum Gasteiger partial charge on any atom is 0.343 e. The van der Waals surface area contributed by atoms with E-state index in [1.54, 1.807) is 54.6 Å². The molecule has 0 saturated heterocycles. The van der Waals surface area contributed by atoms with Gasteiger partial charge in [0, 0.05) is 13.0 Å². The van der Waals surface area contributed by atoms with E-state index < -0.39 is 5.97 Å². The SMILES string of the molecule is COc1ccc(C(=O)Oc2ccc(/C=N/NC(=O)CCCNC(=O)c3ccccc3Cl)cc2OC)cc1OC. The Morgan fingerprint density at radius 2 is 1.56 bits per heavy atom. The number of nitrogens with zero attached hydrogens (tertiary/aromatic N) is 1. The van der Waals surface area contributed by atoms with Gasteiger partial charge in [-0.1, -0.05) is 23.7 Å². The summed E-state index contributed by atoms with van der Waals surface area (Å²) >= 11 is 6.01. The molecule has 0 bridgehead atoms. The zero-order valence-electron chi connectivity index (χ0n) is 21.7. The molecule has 10 nitrogen and oxygen atoms in total. The van der Waals surface area contributed by atoms with E-state index in [2.05, 4.69) is 15.8 Å². The van der Waals surface area contributed by atoms with Crippen LogP contribution >= 0.6 is 11.6 Å². The van der Waals surface area contributed by atoms with Gasteiger partial charge in [-0.3, -0.25) is 9.59 Å². The summed E-state index contributed by atoms with van der Waals surface area (Å²) in [6.45, 7) is 0.307. The van der Waals surface area contributed by atoms with Gasteiger partial charge in [0.25, 0.3) is 5.91 Å². The maximum atomic E-state index is 12.6. The van der Waals surface area contributed by atoms with Crippen molar-refractivity contribution in [3.8, 4) is 23.0 Å². The van der Waals surface area contributed by atoms with E-state index >= 15 is 0 Å². The number of esters is 1. The molecule has 0 radical (unpaired) electrons. The lowest BCUT2D eigenvalue weighted by Gasteiger charge is -2.11. The van der Waals surface area contributed by atoms with Crippen LogP contribution in [-0.4, -0.2) is 51.9 Å². The molecule has 2 amide bonds. The van der Waals surface area contributed by atoms with Crippen molar-refractivity contribution in [1.82, 2.24) is 10.7 Å². The van der Waals surface area contributed by atoms with Gasteiger partial charge in [0.2, 0.25) is 5.91 Å². The van der Waals surface area contributed by atoms with Gasteiger partial charge < -0.3 is 24.3 Å². The van der Waals surface area contributed by atoms with Crippen molar-refractivity contribution in [3.63, 3.8) is 0 Å². The van der Waals surface area contributed by atoms with Crippen LogP contribution in [0.4, 0.5) is 0 Å². The molecule has 3 aromatic carbocycles. The first-order valence-corrected chi connectivity index (χ1v) is 12.2. The number of hydrazone groups is 1. The molecular formula is C28H28ClN3O7. The summed E-state index contributed by atoms with van der Waals surface area (Å²) in [5.41, 5.74) is 3.69. The van der Waals surface area contributed by atoms with E-state index in [-0.39, 0.29) is 29.5 Å². The number of halogens is 1. The van der Waals surface area contributed by atoms with E-state index in [1.807, 2.05) is 0 Å². The number of carbonyl (C=O) groups is 3. The summed E-state index contributed by atoms with van der Waals surface area (Å²) in [5.74, 6) is 0.171. The average Bonchev–Trinajstić information content (AvgIpc) is 2.95. The van der Waals surface area contributed by atoms with Crippen LogP contribution in [0.15, 0.2) is 65.8 Å². The van der Waals surface area contributed by atoms with Crippen LogP contribution in [0.2, 0.25) is 5.02 Å². The third-order valence-corrected chi connectivity index (χ3v) is 5.73. The number of benzene rings is 3. The second-order valence-corrected chi connectivity index (χ2v) is 8.41. The van der Waals surface area contributed by atoms with E-state index in [0.717, 1.165) is 0 Å². The Bertz CT molecular complexity index is 1360. The summed E-state index contributed by atoms with van der Waals surface area (Å²) in [6.07, 6.45) is 2.01. The summed E-state index contributed by atoms with van der Waals surface area (Å²) in [5, 5.41) is 7.04. The summed E-state index contributed by atoms with van der Waals surface area (Å²) < 4.78 is 21.2. The Hall–Kier alpha value is -4.57. The van der Waals surface area contributed by atoms with Gasteiger partial charge in [0.1, 0.15) is 0 Å². The number of carbonyl (C=O) groups excluding carboxylic acids is 3. The highest BCUT2D eigenvalue weighted by molar-refractivity contribution is 6.33. The van der Waals surface area contributed by atoms with Gasteiger partial charge in [-0.15, -0.1) is 0 Å². The molecule has 0 aliphatic carbocycles. The molecule has 0 saturated carbocycles. The minimum Gasteiger partial charge on any atom is -0.493 e. The van der Waals surface area contributed by atoms with Crippen molar-refractivity contribution in [1.29, 1.82) is 0 Å². The molecule has 3 rings (SSSR count). The highest BCUT2D eigenvalue weighted by Gasteiger charge is 2.16. The monoisotopic (exact) mass is 553 g/mol. The Labute approximate surface area is 230 Å². The molecule has 39 heavy (non-hydrogen) atoms. The first kappa shape index (κ1) is 29.0. The average molecular weight is 554 g/mol. The fourth-order valence-electron chi connectivity index (χ4n) is 3.40. The van der Waals surface area contributed by atoms with E-state index in [1.165, 1.54) is 33.6 Å². The van der Waals surface area contributed by atoms with Gasteiger partial charge in [-0.25, -0.2) is 10.2 Å². The molecule has 11 heteroatoms. The number of rotatable bonds is 12. The van der Waals surface area contributed by atoms with Crippen LogP contribution in [0.3, 0.4) is 0 Å². The fourth-order valence-corrected chi connectivity index (χ4v) is 3.62. The van der Waals surface area contributed by atoms with Gasteiger partial charge in [-0.05, 0) is 60.5 Å². The molecule has 0 aromatic heterocycles. The fraction of sp³-hybridized carbons (Fsp3) is 0.214. The lowest BCUT2D eigenvalue weighted by molar-refractivity contribution is -0.121. The molecule has 0 aliphatic rings. The number of methoxy groups -OCH3 is 3. The molecule has 2 N–H and O–H groups in total. The van der Waals surface area contributed by atoms with Gasteiger partial charge >= 0.3 is 5.97 Å². The predicted molar refractivity (Wildman–Crippen MR) is 146 cm³/mol. The number of hydrogen-bond acceptors (Lipinski definition) is 8. The third kappa shape index (κ3) is 8.21. The highest BCUT2D eigenvalue weighted by atomic mass is 35.5. The number of amides is 2. The smallest absolute Gasteiger partial charge is 0.343 e. The van der Waals surface area contributed by atoms with Gasteiger partial charge in [0.15, 0.2) is 23.0 Å². The Balaban J connectivity index is 1.49. The lowest BCUT2D eigenvalue weighted by atomic mass is 10.2. The van der Waals surface area contributed by atoms with Crippen LogP contribution in [0.1, 0.15) is 39.1 Å². The number of nitrogens with one attached hydrogen (secondary N) is 2. The van der Waals surface area contributed by atoms with E-state index in [9.17, 15) is 14.4 Å². The second-order valence-electron chi connectivity index (χ2n) is 8.00. The normalized spacial score (nSPS) is 10.6. The summed E-state index contributed by atoms with van der Waals surface area (Å²) in [6, 6.07) is 16.2. The largest absolute Gasteiger partial charge is 0.493 e. The Morgan fingerprint density at radius 3 is 2.28 bits per heavy atom. The Morgan fingerprint density at radius 1 is 0.872 bits per heavy atom. The van der Waals surface area contributed by atoms with Crippen molar-refractivity contribution >= 4 is 35.6 Å². The molecule has 0 atom stereocenters. The van der Waals surface area contributed by atoms with Crippen molar-refractivity contribution in [2.24, 2.45) is 5.10 Å². The Kier molecular flexibility index (Phi) is 10.7. The predicted octanol–water partition coefficient (Wildman–Crippen LogP) is 4.25. The van der Waals surface area contributed by atoms with E-state index in [4.69, 9.17) is 30.5 Å². The number of hydrogen-bond donors (Lipinski definition) is 2. The first-order valence-electron chi connectivity index (χ1n) is 11.8. The number of ether oxygens (including phenoxy) is 4. The van der Waals surface area contributed by atoms with Crippen molar-refractivity contribution in [3.05, 3.63) is 82.4 Å². The first-order chi connectivity index (χ1) is 18.9. The van der Waals surface area contributed by atoms with Gasteiger partial charge in [0.05, 0.1) is 43.7 Å². The quantitative estimate of drug-likeness (QED) is 0.113. The minimum absolute atomic E-state index is 0.161. The molecule has 0 unspecified atom stereocenters.